The van der Waals surface area contributed by atoms with Gasteiger partial charge >= 0.3 is 0 Å². The summed E-state index contributed by atoms with van der Waals surface area (Å²) in [6.45, 7) is 15.5. The first-order valence-corrected chi connectivity index (χ1v) is 11.2. The van der Waals surface area contributed by atoms with Crippen molar-refractivity contribution in [2.24, 2.45) is 11.3 Å². The van der Waals surface area contributed by atoms with Crippen molar-refractivity contribution in [1.82, 2.24) is 0 Å². The van der Waals surface area contributed by atoms with Crippen molar-refractivity contribution < 1.29 is 4.39 Å². The molecule has 29 heavy (non-hydrogen) atoms. The minimum atomic E-state index is -0.324. The highest BCUT2D eigenvalue weighted by Crippen LogP contribution is 2.54. The van der Waals surface area contributed by atoms with Gasteiger partial charge in [-0.25, -0.2) is 4.39 Å². The van der Waals surface area contributed by atoms with Crippen LogP contribution in [-0.4, -0.2) is 0 Å². The summed E-state index contributed by atoms with van der Waals surface area (Å²) in [5, 5.41) is 0. The first-order chi connectivity index (χ1) is 13.7. The lowest BCUT2D eigenvalue weighted by Gasteiger charge is -2.46. The lowest BCUT2D eigenvalue weighted by molar-refractivity contribution is 0.267. The molecule has 2 atom stereocenters. The smallest absolute Gasteiger partial charge is 0.123 e. The molecule has 2 aliphatic rings. The number of halogens is 1. The fourth-order valence-electron chi connectivity index (χ4n) is 5.52. The van der Waals surface area contributed by atoms with E-state index in [0.29, 0.717) is 5.92 Å². The van der Waals surface area contributed by atoms with Gasteiger partial charge in [0, 0.05) is 5.41 Å². The molecule has 0 nitrogen and oxygen atoms in total. The molecule has 156 valence electrons. The number of aryl methyl sites for hydroxylation is 1. The molecule has 1 aromatic rings. The van der Waals surface area contributed by atoms with Gasteiger partial charge in [-0.15, -0.1) is 0 Å². The van der Waals surface area contributed by atoms with Crippen molar-refractivity contribution in [2.75, 3.05) is 0 Å². The van der Waals surface area contributed by atoms with Gasteiger partial charge in [0.05, 0.1) is 0 Å². The Morgan fingerprint density at radius 2 is 1.97 bits per heavy atom. The number of benzene rings is 1. The molecule has 2 unspecified atom stereocenters. The third-order valence-electron chi connectivity index (χ3n) is 7.38. The van der Waals surface area contributed by atoms with Crippen LogP contribution in [0.15, 0.2) is 53.4 Å². The van der Waals surface area contributed by atoms with Crippen LogP contribution in [0.2, 0.25) is 0 Å². The SMILES string of the molecule is C/C=C\c1c(C)ccc2c1CC1=C(C(F)=CCC1C(C)(C=CCC)CC)C2(C)C. The van der Waals surface area contributed by atoms with Crippen LogP contribution < -0.4 is 0 Å². The second-order valence-corrected chi connectivity index (χ2v) is 9.53. The number of allylic oxidation sites excluding steroid dienone is 7. The van der Waals surface area contributed by atoms with E-state index < -0.39 is 0 Å². The molecular weight excluding hydrogens is 355 g/mol. The van der Waals surface area contributed by atoms with Gasteiger partial charge in [-0.3, -0.25) is 0 Å². The zero-order valence-corrected chi connectivity index (χ0v) is 19.3. The summed E-state index contributed by atoms with van der Waals surface area (Å²) >= 11 is 0. The molecule has 3 rings (SSSR count). The second kappa shape index (κ2) is 8.09. The van der Waals surface area contributed by atoms with E-state index in [2.05, 4.69) is 84.9 Å². The molecule has 0 fully saturated rings. The van der Waals surface area contributed by atoms with Crippen molar-refractivity contribution in [3.8, 4) is 0 Å². The Hall–Kier alpha value is -1.89. The van der Waals surface area contributed by atoms with E-state index in [-0.39, 0.29) is 16.7 Å². The predicted molar refractivity (Wildman–Crippen MR) is 125 cm³/mol. The Bertz CT molecular complexity index is 906. The largest absolute Gasteiger partial charge is 0.207 e. The van der Waals surface area contributed by atoms with Crippen LogP contribution in [0.5, 0.6) is 0 Å². The van der Waals surface area contributed by atoms with Crippen molar-refractivity contribution in [2.45, 2.75) is 79.6 Å². The quantitative estimate of drug-likeness (QED) is 0.441. The Balaban J connectivity index is 2.25. The average molecular weight is 393 g/mol. The molecule has 0 radical (unpaired) electrons. The molecule has 0 saturated carbocycles. The minimum Gasteiger partial charge on any atom is -0.207 e. The highest BCUT2D eigenvalue weighted by molar-refractivity contribution is 5.66. The zero-order valence-electron chi connectivity index (χ0n) is 19.3. The topological polar surface area (TPSA) is 0 Å². The van der Waals surface area contributed by atoms with Gasteiger partial charge in [0.1, 0.15) is 5.83 Å². The number of rotatable bonds is 5. The van der Waals surface area contributed by atoms with Gasteiger partial charge in [0.15, 0.2) is 0 Å². The summed E-state index contributed by atoms with van der Waals surface area (Å²) in [7, 11) is 0. The summed E-state index contributed by atoms with van der Waals surface area (Å²) in [4.78, 5) is 0. The molecular formula is C28H37F. The van der Waals surface area contributed by atoms with E-state index in [1.165, 1.54) is 27.8 Å². The van der Waals surface area contributed by atoms with Crippen LogP contribution in [0.1, 0.15) is 83.1 Å². The highest BCUT2D eigenvalue weighted by atomic mass is 19.1. The fourth-order valence-corrected chi connectivity index (χ4v) is 5.52. The first-order valence-electron chi connectivity index (χ1n) is 11.2. The van der Waals surface area contributed by atoms with Crippen LogP contribution >= 0.6 is 0 Å². The van der Waals surface area contributed by atoms with E-state index in [4.69, 9.17) is 0 Å². The van der Waals surface area contributed by atoms with E-state index in [0.717, 1.165) is 31.3 Å². The van der Waals surface area contributed by atoms with Crippen LogP contribution in [0.4, 0.5) is 4.39 Å². The Morgan fingerprint density at radius 3 is 2.59 bits per heavy atom. The van der Waals surface area contributed by atoms with Gasteiger partial charge in [-0.05, 0) is 84.8 Å². The van der Waals surface area contributed by atoms with Gasteiger partial charge in [0.25, 0.3) is 0 Å². The molecule has 2 aliphatic carbocycles. The van der Waals surface area contributed by atoms with Crippen molar-refractivity contribution in [1.29, 1.82) is 0 Å². The Labute approximate surface area is 177 Å². The molecule has 0 bridgehead atoms. The number of hydrogen-bond donors (Lipinski definition) is 0. The molecule has 0 aromatic heterocycles. The van der Waals surface area contributed by atoms with Crippen molar-refractivity contribution >= 4 is 6.08 Å². The number of hydrogen-bond acceptors (Lipinski definition) is 0. The van der Waals surface area contributed by atoms with E-state index in [1.807, 2.05) is 6.08 Å². The normalized spacial score (nSPS) is 23.2. The Morgan fingerprint density at radius 1 is 1.24 bits per heavy atom. The van der Waals surface area contributed by atoms with Crippen molar-refractivity contribution in [3.05, 3.63) is 75.7 Å². The summed E-state index contributed by atoms with van der Waals surface area (Å²) in [6.07, 6.45) is 14.6. The molecule has 0 saturated heterocycles. The zero-order chi connectivity index (χ0) is 21.4. The van der Waals surface area contributed by atoms with Crippen LogP contribution in [0, 0.1) is 18.3 Å². The van der Waals surface area contributed by atoms with Crippen LogP contribution in [0.25, 0.3) is 6.08 Å². The molecule has 1 aromatic carbocycles. The summed E-state index contributed by atoms with van der Waals surface area (Å²) in [6, 6.07) is 4.43. The third kappa shape index (κ3) is 3.58. The molecule has 0 spiro atoms. The Kier molecular flexibility index (Phi) is 6.08. The third-order valence-corrected chi connectivity index (χ3v) is 7.38. The predicted octanol–water partition coefficient (Wildman–Crippen LogP) is 8.41. The highest BCUT2D eigenvalue weighted by Gasteiger charge is 2.44. The van der Waals surface area contributed by atoms with Gasteiger partial charge < -0.3 is 0 Å². The lowest BCUT2D eigenvalue weighted by atomic mass is 9.58. The first kappa shape index (κ1) is 21.8. The van der Waals surface area contributed by atoms with Gasteiger partial charge in [0.2, 0.25) is 0 Å². The van der Waals surface area contributed by atoms with Crippen LogP contribution in [-0.2, 0) is 11.8 Å². The molecule has 0 aliphatic heterocycles. The summed E-state index contributed by atoms with van der Waals surface area (Å²) < 4.78 is 15.3. The van der Waals surface area contributed by atoms with Gasteiger partial charge in [-0.2, -0.15) is 0 Å². The van der Waals surface area contributed by atoms with E-state index >= 15 is 4.39 Å². The lowest BCUT2D eigenvalue weighted by Crippen LogP contribution is -2.37. The molecule has 0 heterocycles. The fraction of sp³-hybridized carbons (Fsp3) is 0.500. The maximum Gasteiger partial charge on any atom is 0.123 e. The minimum absolute atomic E-state index is 0.00187. The number of fused-ring (bicyclic) bond motifs is 1. The van der Waals surface area contributed by atoms with Crippen molar-refractivity contribution in [3.63, 3.8) is 0 Å². The monoisotopic (exact) mass is 392 g/mol. The average Bonchev–Trinajstić information content (AvgIpc) is 2.68. The second-order valence-electron chi connectivity index (χ2n) is 9.53. The maximum absolute atomic E-state index is 15.3. The van der Waals surface area contributed by atoms with E-state index in [1.54, 1.807) is 0 Å². The summed E-state index contributed by atoms with van der Waals surface area (Å²) in [5.41, 5.74) is 7.28. The standard InChI is InChI=1S/C28H37F/c1-8-11-17-28(7,10-3)24-15-16-25(29)26-22(24)18-21-20(12-9-2)19(4)13-14-23(21)27(26,5)6/h9,11-14,16-17,24H,8,10,15,18H2,1-7H3/b12-9-,17-11?. The summed E-state index contributed by atoms with van der Waals surface area (Å²) in [5.74, 6) is 0.342. The van der Waals surface area contributed by atoms with E-state index in [9.17, 15) is 0 Å². The van der Waals surface area contributed by atoms with Crippen LogP contribution in [0.3, 0.4) is 0 Å². The van der Waals surface area contributed by atoms with Gasteiger partial charge in [-0.1, -0.05) is 76.6 Å². The molecule has 0 amide bonds. The maximum atomic E-state index is 15.3. The molecule has 1 heteroatoms. The molecule has 0 N–H and O–H groups in total.